The van der Waals surface area contributed by atoms with Crippen molar-refractivity contribution in [3.8, 4) is 5.75 Å². The molecule has 0 bridgehead atoms. The lowest BCUT2D eigenvalue weighted by atomic mass is 10.1. The second kappa shape index (κ2) is 9.02. The first kappa shape index (κ1) is 14.0. The molecule has 3 nitrogen and oxygen atoms in total. The molecule has 0 heterocycles. The van der Waals surface area contributed by atoms with Crippen LogP contribution >= 0.6 is 0 Å². The normalized spacial score (nSPS) is 10.5. The smallest absolute Gasteiger partial charge is 0.122 e. The Hall–Kier alpha value is -1.06. The molecule has 0 aromatic heterocycles. The summed E-state index contributed by atoms with van der Waals surface area (Å²) in [5.41, 5.74) is 1.27. The van der Waals surface area contributed by atoms with E-state index >= 15 is 0 Å². The van der Waals surface area contributed by atoms with Gasteiger partial charge in [0.2, 0.25) is 0 Å². The van der Waals surface area contributed by atoms with Crippen molar-refractivity contribution < 1.29 is 4.74 Å². The fraction of sp³-hybridized carbons (Fsp3) is 0.571. The van der Waals surface area contributed by atoms with Crippen molar-refractivity contribution in [2.75, 3.05) is 33.3 Å². The minimum absolute atomic E-state index is 0.985. The number of para-hydroxylation sites is 1. The minimum Gasteiger partial charge on any atom is -0.496 e. The lowest BCUT2D eigenvalue weighted by molar-refractivity contribution is 0.409. The molecular formula is C14H24N2O. The maximum absolute atomic E-state index is 5.32. The molecule has 0 amide bonds. The fourth-order valence-corrected chi connectivity index (χ4v) is 1.74. The second-order valence-electron chi connectivity index (χ2n) is 4.06. The van der Waals surface area contributed by atoms with E-state index in [1.807, 2.05) is 12.1 Å². The number of nitrogens with one attached hydrogen (secondary N) is 2. The maximum Gasteiger partial charge on any atom is 0.122 e. The van der Waals surface area contributed by atoms with Crippen LogP contribution < -0.4 is 15.4 Å². The van der Waals surface area contributed by atoms with Crippen molar-refractivity contribution in [1.29, 1.82) is 0 Å². The van der Waals surface area contributed by atoms with Crippen LogP contribution in [0.1, 0.15) is 18.9 Å². The molecule has 0 saturated carbocycles. The van der Waals surface area contributed by atoms with Gasteiger partial charge in [-0.25, -0.2) is 0 Å². The van der Waals surface area contributed by atoms with Crippen LogP contribution in [0.3, 0.4) is 0 Å². The van der Waals surface area contributed by atoms with Gasteiger partial charge in [-0.15, -0.1) is 0 Å². The van der Waals surface area contributed by atoms with Gasteiger partial charge in [0.25, 0.3) is 0 Å². The van der Waals surface area contributed by atoms with E-state index in [0.717, 1.165) is 38.3 Å². The third-order valence-corrected chi connectivity index (χ3v) is 2.67. The molecule has 0 unspecified atom stereocenters. The highest BCUT2D eigenvalue weighted by molar-refractivity contribution is 5.33. The SMILES string of the molecule is CCCNCCNCCc1ccccc1OC. The van der Waals surface area contributed by atoms with Crippen molar-refractivity contribution in [3.63, 3.8) is 0 Å². The van der Waals surface area contributed by atoms with Gasteiger partial charge in [0, 0.05) is 13.1 Å². The average Bonchev–Trinajstić information content (AvgIpc) is 2.38. The van der Waals surface area contributed by atoms with E-state index < -0.39 is 0 Å². The first-order valence-corrected chi connectivity index (χ1v) is 6.41. The van der Waals surface area contributed by atoms with E-state index in [1.165, 1.54) is 12.0 Å². The van der Waals surface area contributed by atoms with Gasteiger partial charge in [-0.2, -0.15) is 0 Å². The van der Waals surface area contributed by atoms with Crippen LogP contribution in [-0.4, -0.2) is 33.3 Å². The second-order valence-corrected chi connectivity index (χ2v) is 4.06. The zero-order valence-corrected chi connectivity index (χ0v) is 11.0. The molecule has 0 saturated heterocycles. The first-order valence-electron chi connectivity index (χ1n) is 6.41. The first-order chi connectivity index (χ1) is 8.38. The molecule has 17 heavy (non-hydrogen) atoms. The quantitative estimate of drug-likeness (QED) is 0.642. The van der Waals surface area contributed by atoms with Crippen LogP contribution in [0.15, 0.2) is 24.3 Å². The Bertz CT molecular complexity index is 302. The van der Waals surface area contributed by atoms with E-state index in [-0.39, 0.29) is 0 Å². The summed E-state index contributed by atoms with van der Waals surface area (Å²) in [4.78, 5) is 0. The highest BCUT2D eigenvalue weighted by Crippen LogP contribution is 2.16. The molecule has 2 N–H and O–H groups in total. The summed E-state index contributed by atoms with van der Waals surface area (Å²) in [6.07, 6.45) is 2.21. The number of methoxy groups -OCH3 is 1. The van der Waals surface area contributed by atoms with Gasteiger partial charge in [-0.3, -0.25) is 0 Å². The molecule has 0 radical (unpaired) electrons. The van der Waals surface area contributed by atoms with Crippen LogP contribution in [-0.2, 0) is 6.42 Å². The van der Waals surface area contributed by atoms with Crippen LogP contribution in [0.4, 0.5) is 0 Å². The van der Waals surface area contributed by atoms with Crippen molar-refractivity contribution in [1.82, 2.24) is 10.6 Å². The molecule has 96 valence electrons. The van der Waals surface area contributed by atoms with Crippen molar-refractivity contribution >= 4 is 0 Å². The van der Waals surface area contributed by atoms with Gasteiger partial charge in [0.05, 0.1) is 7.11 Å². The molecule has 1 aromatic carbocycles. The third kappa shape index (κ3) is 5.71. The average molecular weight is 236 g/mol. The molecule has 0 aliphatic carbocycles. The monoisotopic (exact) mass is 236 g/mol. The Kier molecular flexibility index (Phi) is 7.43. The summed E-state index contributed by atoms with van der Waals surface area (Å²) in [6.45, 7) is 6.35. The highest BCUT2D eigenvalue weighted by atomic mass is 16.5. The summed E-state index contributed by atoms with van der Waals surface area (Å²) in [6, 6.07) is 8.19. The zero-order valence-electron chi connectivity index (χ0n) is 11.0. The molecule has 0 aliphatic rings. The van der Waals surface area contributed by atoms with E-state index in [9.17, 15) is 0 Å². The summed E-state index contributed by atoms with van der Waals surface area (Å²) in [5.74, 6) is 0.985. The van der Waals surface area contributed by atoms with E-state index in [1.54, 1.807) is 7.11 Å². The van der Waals surface area contributed by atoms with E-state index in [2.05, 4.69) is 29.7 Å². The molecule has 0 spiro atoms. The summed E-state index contributed by atoms with van der Waals surface area (Å²) >= 11 is 0. The Balaban J connectivity index is 2.13. The lowest BCUT2D eigenvalue weighted by Crippen LogP contribution is -2.29. The van der Waals surface area contributed by atoms with Crippen LogP contribution in [0.5, 0.6) is 5.75 Å². The molecule has 1 rings (SSSR count). The zero-order chi connectivity index (χ0) is 12.3. The third-order valence-electron chi connectivity index (χ3n) is 2.67. The predicted molar refractivity (Wildman–Crippen MR) is 72.7 cm³/mol. The number of rotatable bonds is 9. The van der Waals surface area contributed by atoms with Gasteiger partial charge < -0.3 is 15.4 Å². The number of hydrogen-bond donors (Lipinski definition) is 2. The molecule has 1 aromatic rings. The van der Waals surface area contributed by atoms with E-state index in [0.29, 0.717) is 0 Å². The Morgan fingerprint density at radius 3 is 2.41 bits per heavy atom. The van der Waals surface area contributed by atoms with Crippen molar-refractivity contribution in [3.05, 3.63) is 29.8 Å². The van der Waals surface area contributed by atoms with Crippen molar-refractivity contribution in [2.45, 2.75) is 19.8 Å². The summed E-state index contributed by atoms with van der Waals surface area (Å²) in [5, 5.41) is 6.80. The Labute approximate surface area is 105 Å². The van der Waals surface area contributed by atoms with Gasteiger partial charge >= 0.3 is 0 Å². The van der Waals surface area contributed by atoms with Gasteiger partial charge in [-0.05, 0) is 37.6 Å². The topological polar surface area (TPSA) is 33.3 Å². The molecule has 0 aliphatic heterocycles. The Morgan fingerprint density at radius 2 is 1.71 bits per heavy atom. The van der Waals surface area contributed by atoms with Crippen LogP contribution in [0.25, 0.3) is 0 Å². The highest BCUT2D eigenvalue weighted by Gasteiger charge is 2.00. The summed E-state index contributed by atoms with van der Waals surface area (Å²) < 4.78 is 5.32. The predicted octanol–water partition coefficient (Wildman–Crippen LogP) is 1.83. The van der Waals surface area contributed by atoms with Gasteiger partial charge in [0.15, 0.2) is 0 Å². The molecule has 3 heteroatoms. The van der Waals surface area contributed by atoms with Gasteiger partial charge in [-0.1, -0.05) is 25.1 Å². The largest absolute Gasteiger partial charge is 0.496 e. The van der Waals surface area contributed by atoms with Crippen LogP contribution in [0.2, 0.25) is 0 Å². The standard InChI is InChI=1S/C14H24N2O/c1-3-9-15-11-12-16-10-8-13-6-4-5-7-14(13)17-2/h4-7,15-16H,3,8-12H2,1-2H3. The Morgan fingerprint density at radius 1 is 1.00 bits per heavy atom. The van der Waals surface area contributed by atoms with Gasteiger partial charge in [0.1, 0.15) is 5.75 Å². The number of ether oxygens (including phenoxy) is 1. The molecule has 0 atom stereocenters. The molecular weight excluding hydrogens is 212 g/mol. The van der Waals surface area contributed by atoms with Crippen molar-refractivity contribution in [2.24, 2.45) is 0 Å². The number of hydrogen-bond acceptors (Lipinski definition) is 3. The fourth-order valence-electron chi connectivity index (χ4n) is 1.74. The van der Waals surface area contributed by atoms with Crippen LogP contribution in [0, 0.1) is 0 Å². The summed E-state index contributed by atoms with van der Waals surface area (Å²) in [7, 11) is 1.72. The van der Waals surface area contributed by atoms with E-state index in [4.69, 9.17) is 4.74 Å². The maximum atomic E-state index is 5.32. The molecule has 0 fully saturated rings. The lowest BCUT2D eigenvalue weighted by Gasteiger charge is -2.09. The number of benzene rings is 1. The minimum atomic E-state index is 0.985.